The van der Waals surface area contributed by atoms with E-state index >= 15 is 0 Å². The highest BCUT2D eigenvalue weighted by Gasteiger charge is 2.29. The predicted octanol–water partition coefficient (Wildman–Crippen LogP) is 5.60. The van der Waals surface area contributed by atoms with E-state index in [1.165, 1.54) is 4.31 Å². The average molecular weight is 574 g/mol. The van der Waals surface area contributed by atoms with Gasteiger partial charge in [-0.15, -0.1) is 0 Å². The molecule has 0 spiro atoms. The summed E-state index contributed by atoms with van der Waals surface area (Å²) in [5.74, 6) is -0.0256. The lowest BCUT2D eigenvalue weighted by Gasteiger charge is -2.29. The number of carbonyl (C=O) groups excluding carboxylic acids is 1. The summed E-state index contributed by atoms with van der Waals surface area (Å²) in [6.07, 6.45) is 2.47. The Morgan fingerprint density at radius 3 is 2.44 bits per heavy atom. The topological polar surface area (TPSA) is 71.8 Å². The molecule has 1 aromatic heterocycles. The van der Waals surface area contributed by atoms with E-state index < -0.39 is 10.0 Å². The van der Waals surface area contributed by atoms with Crippen LogP contribution in [0.3, 0.4) is 0 Å². The van der Waals surface area contributed by atoms with Crippen molar-refractivity contribution in [2.24, 2.45) is 5.92 Å². The first-order valence-corrected chi connectivity index (χ1v) is 15.2. The molecule has 39 heavy (non-hydrogen) atoms. The van der Waals surface area contributed by atoms with Crippen molar-refractivity contribution < 1.29 is 17.9 Å². The first kappa shape index (κ1) is 30.9. The minimum atomic E-state index is -3.87. The van der Waals surface area contributed by atoms with E-state index in [1.807, 2.05) is 70.3 Å². The fraction of sp³-hybridized carbons (Fsp3) is 0.433. The van der Waals surface area contributed by atoms with Crippen LogP contribution < -0.4 is 0 Å². The van der Waals surface area contributed by atoms with Gasteiger partial charge < -0.3 is 14.2 Å². The van der Waals surface area contributed by atoms with Crippen molar-refractivity contribution in [3.8, 4) is 0 Å². The van der Waals surface area contributed by atoms with Gasteiger partial charge in [-0.3, -0.25) is 4.79 Å². The molecule has 3 rings (SSSR count). The highest BCUT2D eigenvalue weighted by molar-refractivity contribution is 7.89. The van der Waals surface area contributed by atoms with Gasteiger partial charge in [0, 0.05) is 49.8 Å². The number of carbonyl (C=O) groups is 1. The van der Waals surface area contributed by atoms with Crippen LogP contribution in [0.25, 0.3) is 0 Å². The molecule has 0 aliphatic rings. The van der Waals surface area contributed by atoms with Gasteiger partial charge in [-0.05, 0) is 62.1 Å². The number of nitrogens with zero attached hydrogens (tertiary/aromatic N) is 3. The van der Waals surface area contributed by atoms with Gasteiger partial charge in [0.2, 0.25) is 15.9 Å². The van der Waals surface area contributed by atoms with Crippen LogP contribution in [-0.2, 0) is 32.6 Å². The van der Waals surface area contributed by atoms with Crippen molar-refractivity contribution >= 4 is 27.5 Å². The van der Waals surface area contributed by atoms with Crippen molar-refractivity contribution in [1.29, 1.82) is 0 Å². The quantitative estimate of drug-likeness (QED) is 0.222. The molecule has 0 aliphatic heterocycles. The Labute approximate surface area is 238 Å². The molecule has 7 nitrogen and oxygen atoms in total. The number of amides is 1. The number of aryl methyl sites for hydroxylation is 1. The fourth-order valence-electron chi connectivity index (χ4n) is 4.33. The van der Waals surface area contributed by atoms with Crippen LogP contribution in [0.4, 0.5) is 0 Å². The lowest BCUT2D eigenvalue weighted by atomic mass is 10.2. The smallest absolute Gasteiger partial charge is 0.243 e. The zero-order chi connectivity index (χ0) is 28.4. The number of aromatic nitrogens is 1. The standard InChI is InChI=1S/C30H40ClN3O4S/c1-5-38-19-9-18-34(39(36,37)28-15-13-25(4)14-16-28)23-30(35)33(20-24(2)3)22-27-11-8-17-32(27)21-26-10-6-7-12-29(26)31/h6-8,10-17,24H,5,9,18-23H2,1-4H3. The third kappa shape index (κ3) is 8.93. The molecule has 0 fully saturated rings. The molecule has 0 saturated heterocycles. The summed E-state index contributed by atoms with van der Waals surface area (Å²) in [6, 6.07) is 18.4. The van der Waals surface area contributed by atoms with E-state index in [1.54, 1.807) is 29.2 Å². The number of sulfonamides is 1. The summed E-state index contributed by atoms with van der Waals surface area (Å²) < 4.78 is 36.0. The summed E-state index contributed by atoms with van der Waals surface area (Å²) in [5.41, 5.74) is 2.91. The third-order valence-corrected chi connectivity index (χ3v) is 8.61. The molecule has 3 aromatic rings. The Bertz CT molecular complexity index is 1310. The normalized spacial score (nSPS) is 11.9. The Morgan fingerprint density at radius 1 is 1.05 bits per heavy atom. The second-order valence-corrected chi connectivity index (χ2v) is 12.4. The molecular formula is C30H40ClN3O4S. The van der Waals surface area contributed by atoms with Crippen LogP contribution in [0.5, 0.6) is 0 Å². The maximum atomic E-state index is 13.7. The number of hydrogen-bond acceptors (Lipinski definition) is 4. The van der Waals surface area contributed by atoms with Gasteiger partial charge in [-0.2, -0.15) is 4.31 Å². The van der Waals surface area contributed by atoms with Crippen LogP contribution in [0.2, 0.25) is 5.02 Å². The summed E-state index contributed by atoms with van der Waals surface area (Å²) in [6.45, 7) is 10.3. The minimum absolute atomic E-state index is 0.182. The van der Waals surface area contributed by atoms with Crippen molar-refractivity contribution in [3.05, 3.63) is 88.7 Å². The molecule has 0 unspecified atom stereocenters. The molecule has 212 valence electrons. The largest absolute Gasteiger partial charge is 0.382 e. The number of hydrogen-bond donors (Lipinski definition) is 0. The molecule has 0 bridgehead atoms. The predicted molar refractivity (Wildman–Crippen MR) is 156 cm³/mol. The average Bonchev–Trinajstić information content (AvgIpc) is 3.33. The SMILES string of the molecule is CCOCCCN(CC(=O)N(Cc1cccn1Cc1ccccc1Cl)CC(C)C)S(=O)(=O)c1ccc(C)cc1. The first-order chi connectivity index (χ1) is 18.6. The van der Waals surface area contributed by atoms with Gasteiger partial charge >= 0.3 is 0 Å². The van der Waals surface area contributed by atoms with Crippen LogP contribution >= 0.6 is 11.6 Å². The molecular weight excluding hydrogens is 534 g/mol. The minimum Gasteiger partial charge on any atom is -0.382 e. The van der Waals surface area contributed by atoms with Crippen molar-refractivity contribution in [2.75, 3.05) is 32.8 Å². The molecule has 0 N–H and O–H groups in total. The fourth-order valence-corrected chi connectivity index (χ4v) is 5.95. The molecule has 0 saturated carbocycles. The monoisotopic (exact) mass is 573 g/mol. The van der Waals surface area contributed by atoms with E-state index in [0.29, 0.717) is 44.3 Å². The van der Waals surface area contributed by atoms with Gasteiger partial charge in [-0.1, -0.05) is 61.3 Å². The van der Waals surface area contributed by atoms with Gasteiger partial charge in [-0.25, -0.2) is 8.42 Å². The van der Waals surface area contributed by atoms with Crippen molar-refractivity contribution in [3.63, 3.8) is 0 Å². The summed E-state index contributed by atoms with van der Waals surface area (Å²) in [4.78, 5) is 15.7. The molecule has 2 aromatic carbocycles. The van der Waals surface area contributed by atoms with Crippen LogP contribution in [-0.4, -0.2) is 60.9 Å². The summed E-state index contributed by atoms with van der Waals surface area (Å²) in [5, 5.41) is 0.691. The first-order valence-electron chi connectivity index (χ1n) is 13.4. The molecule has 0 atom stereocenters. The Hall–Kier alpha value is -2.65. The molecule has 1 amide bonds. The summed E-state index contributed by atoms with van der Waals surface area (Å²) in [7, 11) is -3.87. The Morgan fingerprint density at radius 2 is 1.77 bits per heavy atom. The van der Waals surface area contributed by atoms with Crippen LogP contribution in [0.1, 0.15) is 44.0 Å². The second-order valence-electron chi connectivity index (χ2n) is 10.1. The highest BCUT2D eigenvalue weighted by Crippen LogP contribution is 2.20. The van der Waals surface area contributed by atoms with E-state index in [9.17, 15) is 13.2 Å². The van der Waals surface area contributed by atoms with Crippen molar-refractivity contribution in [1.82, 2.24) is 13.8 Å². The van der Waals surface area contributed by atoms with Gasteiger partial charge in [0.05, 0.1) is 18.0 Å². The Balaban J connectivity index is 1.83. The zero-order valence-corrected chi connectivity index (χ0v) is 24.9. The molecule has 9 heteroatoms. The van der Waals surface area contributed by atoms with E-state index in [-0.39, 0.29) is 29.8 Å². The summed E-state index contributed by atoms with van der Waals surface area (Å²) >= 11 is 6.39. The molecule has 0 radical (unpaired) electrons. The molecule has 1 heterocycles. The zero-order valence-electron chi connectivity index (χ0n) is 23.3. The van der Waals surface area contributed by atoms with E-state index in [0.717, 1.165) is 16.8 Å². The van der Waals surface area contributed by atoms with Gasteiger partial charge in [0.15, 0.2) is 0 Å². The second kappa shape index (κ2) is 14.7. The number of rotatable bonds is 15. The van der Waals surface area contributed by atoms with Crippen LogP contribution in [0.15, 0.2) is 71.8 Å². The molecule has 0 aliphatic carbocycles. The maximum absolute atomic E-state index is 13.7. The van der Waals surface area contributed by atoms with Gasteiger partial charge in [0.25, 0.3) is 0 Å². The Kier molecular flexibility index (Phi) is 11.6. The number of halogens is 1. The number of ether oxygens (including phenoxy) is 1. The highest BCUT2D eigenvalue weighted by atomic mass is 35.5. The lowest BCUT2D eigenvalue weighted by Crippen LogP contribution is -2.44. The van der Waals surface area contributed by atoms with Crippen LogP contribution in [0, 0.1) is 12.8 Å². The third-order valence-electron chi connectivity index (χ3n) is 6.38. The van der Waals surface area contributed by atoms with E-state index in [4.69, 9.17) is 16.3 Å². The maximum Gasteiger partial charge on any atom is 0.243 e. The van der Waals surface area contributed by atoms with Crippen molar-refractivity contribution in [2.45, 2.75) is 52.1 Å². The number of benzene rings is 2. The lowest BCUT2D eigenvalue weighted by molar-refractivity contribution is -0.132. The van der Waals surface area contributed by atoms with Gasteiger partial charge in [0.1, 0.15) is 0 Å². The van der Waals surface area contributed by atoms with E-state index in [2.05, 4.69) is 4.57 Å².